The average molecular weight is 316 g/mol. The van der Waals surface area contributed by atoms with Gasteiger partial charge in [0.25, 0.3) is 0 Å². The molecule has 0 unspecified atom stereocenters. The summed E-state index contributed by atoms with van der Waals surface area (Å²) >= 11 is 0. The van der Waals surface area contributed by atoms with Gasteiger partial charge in [0.1, 0.15) is 0 Å². The smallest absolute Gasteiger partial charge is 0.248 e. The number of carbonyl (C=O) groups excluding carboxylic acids is 1. The Balaban J connectivity index is 0.00000176. The molecule has 0 spiro atoms. The molecule has 2 aromatic carbocycles. The first-order chi connectivity index (χ1) is 10.1. The molecular weight excluding hydrogens is 302 g/mol. The van der Waals surface area contributed by atoms with Gasteiger partial charge in [0, 0.05) is 18.1 Å². The van der Waals surface area contributed by atoms with E-state index < -0.39 is 5.91 Å². The molecule has 22 heavy (non-hydrogen) atoms. The van der Waals surface area contributed by atoms with E-state index in [2.05, 4.69) is 10.1 Å². The second-order valence-corrected chi connectivity index (χ2v) is 4.63. The number of nitrogens with two attached hydrogens (primary N) is 1. The number of carbonyl (C=O) groups is 1. The van der Waals surface area contributed by atoms with Crippen molar-refractivity contribution in [3.63, 3.8) is 0 Å². The van der Waals surface area contributed by atoms with Crippen molar-refractivity contribution >= 4 is 18.3 Å². The Bertz CT molecular complexity index is 800. The van der Waals surface area contributed by atoms with Gasteiger partial charge in [-0.15, -0.1) is 12.4 Å². The van der Waals surface area contributed by atoms with E-state index in [9.17, 15) is 4.79 Å². The van der Waals surface area contributed by atoms with E-state index in [1.807, 2.05) is 36.4 Å². The van der Waals surface area contributed by atoms with Crippen molar-refractivity contribution in [3.8, 4) is 22.5 Å². The normalized spacial score (nSPS) is 10.0. The van der Waals surface area contributed by atoms with Crippen LogP contribution in [0.15, 0.2) is 53.1 Å². The van der Waals surface area contributed by atoms with Crippen LogP contribution in [0.25, 0.3) is 22.5 Å². The zero-order chi connectivity index (χ0) is 14.8. The van der Waals surface area contributed by atoms with Crippen LogP contribution in [0.1, 0.15) is 16.2 Å². The molecule has 0 fully saturated rings. The lowest BCUT2D eigenvalue weighted by Gasteiger charge is -2.08. The van der Waals surface area contributed by atoms with E-state index in [1.54, 1.807) is 19.1 Å². The van der Waals surface area contributed by atoms with Crippen LogP contribution in [0, 0.1) is 6.92 Å². The first-order valence-electron chi connectivity index (χ1n) is 6.45. The van der Waals surface area contributed by atoms with Gasteiger partial charge in [0.2, 0.25) is 17.6 Å². The number of aromatic nitrogens is 2. The Labute approximate surface area is 133 Å². The predicted molar refractivity (Wildman–Crippen MR) is 85.7 cm³/mol. The van der Waals surface area contributed by atoms with Crippen molar-refractivity contribution < 1.29 is 9.32 Å². The molecule has 0 atom stereocenters. The summed E-state index contributed by atoms with van der Waals surface area (Å²) in [5.41, 5.74) is 8.40. The van der Waals surface area contributed by atoms with Crippen LogP contribution in [-0.2, 0) is 0 Å². The number of benzene rings is 2. The number of rotatable bonds is 3. The van der Waals surface area contributed by atoms with Gasteiger partial charge in [-0.3, -0.25) is 4.79 Å². The molecule has 0 aliphatic heterocycles. The van der Waals surface area contributed by atoms with Crippen molar-refractivity contribution in [2.45, 2.75) is 6.92 Å². The second-order valence-electron chi connectivity index (χ2n) is 4.63. The fourth-order valence-electron chi connectivity index (χ4n) is 2.16. The summed E-state index contributed by atoms with van der Waals surface area (Å²) in [7, 11) is 0. The maximum atomic E-state index is 11.4. The Morgan fingerprint density at radius 2 is 1.82 bits per heavy atom. The van der Waals surface area contributed by atoms with Gasteiger partial charge in [-0.05, 0) is 23.3 Å². The number of hydrogen-bond acceptors (Lipinski definition) is 4. The highest BCUT2D eigenvalue weighted by molar-refractivity contribution is 5.96. The maximum absolute atomic E-state index is 11.4. The van der Waals surface area contributed by atoms with E-state index >= 15 is 0 Å². The van der Waals surface area contributed by atoms with E-state index in [-0.39, 0.29) is 12.4 Å². The Hall–Kier alpha value is -2.66. The van der Waals surface area contributed by atoms with Gasteiger partial charge in [-0.25, -0.2) is 0 Å². The molecule has 0 saturated heterocycles. The number of aryl methyl sites for hydroxylation is 1. The number of amides is 1. The molecule has 3 rings (SSSR count). The monoisotopic (exact) mass is 315 g/mol. The summed E-state index contributed by atoms with van der Waals surface area (Å²) < 4.78 is 5.03. The minimum absolute atomic E-state index is 0. The summed E-state index contributed by atoms with van der Waals surface area (Å²) in [6.45, 7) is 1.72. The number of primary amides is 1. The molecule has 2 N–H and O–H groups in total. The van der Waals surface area contributed by atoms with Crippen molar-refractivity contribution in [2.75, 3.05) is 0 Å². The van der Waals surface area contributed by atoms with E-state index in [0.717, 1.165) is 11.1 Å². The molecule has 0 aliphatic carbocycles. The molecule has 0 aliphatic rings. The van der Waals surface area contributed by atoms with Gasteiger partial charge >= 0.3 is 0 Å². The Kier molecular flexibility index (Phi) is 4.58. The van der Waals surface area contributed by atoms with Crippen LogP contribution < -0.4 is 5.73 Å². The molecule has 0 saturated carbocycles. The molecule has 0 radical (unpaired) electrons. The van der Waals surface area contributed by atoms with Gasteiger partial charge in [-0.2, -0.15) is 4.98 Å². The lowest BCUT2D eigenvalue weighted by molar-refractivity contribution is 0.100. The number of hydrogen-bond donors (Lipinski definition) is 1. The highest BCUT2D eigenvalue weighted by Gasteiger charge is 2.14. The van der Waals surface area contributed by atoms with Gasteiger partial charge in [0.15, 0.2) is 0 Å². The van der Waals surface area contributed by atoms with Crippen LogP contribution in [0.3, 0.4) is 0 Å². The van der Waals surface area contributed by atoms with Crippen LogP contribution >= 0.6 is 12.4 Å². The fourth-order valence-corrected chi connectivity index (χ4v) is 2.16. The second kappa shape index (κ2) is 6.41. The minimum atomic E-state index is -0.490. The third-order valence-electron chi connectivity index (χ3n) is 3.16. The summed E-state index contributed by atoms with van der Waals surface area (Å²) in [5.74, 6) is 0.416. The topological polar surface area (TPSA) is 82.0 Å². The highest BCUT2D eigenvalue weighted by atomic mass is 35.5. The molecule has 1 amide bonds. The quantitative estimate of drug-likeness (QED) is 0.804. The van der Waals surface area contributed by atoms with Crippen LogP contribution in [0.4, 0.5) is 0 Å². The number of nitrogens with zero attached hydrogens (tertiary/aromatic N) is 2. The van der Waals surface area contributed by atoms with Crippen molar-refractivity contribution in [1.82, 2.24) is 10.1 Å². The molecule has 5 nitrogen and oxygen atoms in total. The minimum Gasteiger partial charge on any atom is -0.366 e. The third kappa shape index (κ3) is 2.99. The van der Waals surface area contributed by atoms with E-state index in [1.165, 1.54) is 0 Å². The Morgan fingerprint density at radius 3 is 2.41 bits per heavy atom. The van der Waals surface area contributed by atoms with E-state index in [4.69, 9.17) is 10.3 Å². The Morgan fingerprint density at radius 1 is 1.09 bits per heavy atom. The average Bonchev–Trinajstić information content (AvgIpc) is 2.94. The standard InChI is InChI=1S/C16H13N3O2.ClH/c1-10-18-16(19-21-10)14-9-12(15(17)20)7-8-13(14)11-5-3-2-4-6-11;/h2-9H,1H3,(H2,17,20);1H. The molecule has 6 heteroatoms. The summed E-state index contributed by atoms with van der Waals surface area (Å²) in [4.78, 5) is 15.6. The summed E-state index contributed by atoms with van der Waals surface area (Å²) in [6, 6.07) is 15.0. The van der Waals surface area contributed by atoms with Crippen LogP contribution in [0.5, 0.6) is 0 Å². The first kappa shape index (κ1) is 15.7. The van der Waals surface area contributed by atoms with Crippen molar-refractivity contribution in [3.05, 3.63) is 60.0 Å². The molecule has 3 aromatic rings. The molecule has 1 aromatic heterocycles. The van der Waals surface area contributed by atoms with Gasteiger partial charge in [-0.1, -0.05) is 41.6 Å². The first-order valence-corrected chi connectivity index (χ1v) is 6.45. The lowest BCUT2D eigenvalue weighted by Crippen LogP contribution is -2.11. The molecular formula is C16H14ClN3O2. The largest absolute Gasteiger partial charge is 0.366 e. The van der Waals surface area contributed by atoms with Crippen LogP contribution in [0.2, 0.25) is 0 Å². The molecule has 1 heterocycles. The SMILES string of the molecule is Cc1nc(-c2cc(C(N)=O)ccc2-c2ccccc2)no1.Cl. The van der Waals surface area contributed by atoms with E-state index in [0.29, 0.717) is 22.8 Å². The lowest BCUT2D eigenvalue weighted by atomic mass is 9.97. The fraction of sp³-hybridized carbons (Fsp3) is 0.0625. The zero-order valence-corrected chi connectivity index (χ0v) is 12.6. The number of halogens is 1. The van der Waals surface area contributed by atoms with Gasteiger partial charge < -0.3 is 10.3 Å². The summed E-state index contributed by atoms with van der Waals surface area (Å²) in [6.07, 6.45) is 0. The van der Waals surface area contributed by atoms with Gasteiger partial charge in [0.05, 0.1) is 0 Å². The zero-order valence-electron chi connectivity index (χ0n) is 11.8. The summed E-state index contributed by atoms with van der Waals surface area (Å²) in [5, 5.41) is 3.93. The van der Waals surface area contributed by atoms with Crippen molar-refractivity contribution in [2.24, 2.45) is 5.73 Å². The predicted octanol–water partition coefficient (Wildman–Crippen LogP) is 3.23. The third-order valence-corrected chi connectivity index (χ3v) is 3.16. The van der Waals surface area contributed by atoms with Crippen LogP contribution in [-0.4, -0.2) is 16.0 Å². The highest BCUT2D eigenvalue weighted by Crippen LogP contribution is 2.31. The molecule has 0 bridgehead atoms. The maximum Gasteiger partial charge on any atom is 0.248 e. The van der Waals surface area contributed by atoms with Crippen molar-refractivity contribution in [1.29, 1.82) is 0 Å². The molecule has 112 valence electrons.